The second-order valence-corrected chi connectivity index (χ2v) is 15.4. The SMILES string of the molecule is c1ccc(-c2nc(-c3ccccc3)nc(-c3cc(-c4ccccc4-c4ccccc4)cnc3-c3ccc4oc5c(ccc6c5c5ccccc5n6-c5ccccc5)c4c3)n2)cc1. The fourth-order valence-corrected chi connectivity index (χ4v) is 8.83. The summed E-state index contributed by atoms with van der Waals surface area (Å²) in [4.78, 5) is 20.7. The van der Waals surface area contributed by atoms with E-state index in [4.69, 9.17) is 24.4 Å². The van der Waals surface area contributed by atoms with Crippen LogP contribution < -0.4 is 0 Å². The Morgan fingerprint density at radius 2 is 0.952 bits per heavy atom. The van der Waals surface area contributed by atoms with Gasteiger partial charge < -0.3 is 8.98 Å². The predicted octanol–water partition coefficient (Wildman–Crippen LogP) is 14.3. The molecule has 0 aliphatic carbocycles. The highest BCUT2D eigenvalue weighted by molar-refractivity contribution is 6.24. The molecule has 0 fully saturated rings. The molecule has 0 atom stereocenters. The number of furan rings is 1. The van der Waals surface area contributed by atoms with E-state index in [1.807, 2.05) is 72.9 Å². The molecule has 0 unspecified atom stereocenters. The number of pyridine rings is 1. The third-order valence-electron chi connectivity index (χ3n) is 11.7. The molecule has 6 heteroatoms. The van der Waals surface area contributed by atoms with Crippen LogP contribution >= 0.6 is 0 Å². The summed E-state index contributed by atoms with van der Waals surface area (Å²) in [5.41, 5.74) is 13.5. The van der Waals surface area contributed by atoms with Gasteiger partial charge in [0.05, 0.1) is 22.1 Å². The highest BCUT2D eigenvalue weighted by Crippen LogP contribution is 2.43. The van der Waals surface area contributed by atoms with Crippen molar-refractivity contribution in [3.05, 3.63) is 212 Å². The lowest BCUT2D eigenvalue weighted by Gasteiger charge is -2.15. The van der Waals surface area contributed by atoms with E-state index in [-0.39, 0.29) is 0 Å². The first-order valence-electron chi connectivity index (χ1n) is 20.7. The Balaban J connectivity index is 1.09. The van der Waals surface area contributed by atoms with Crippen LogP contribution in [0.25, 0.3) is 117 Å². The molecule has 0 aliphatic heterocycles. The molecule has 290 valence electrons. The van der Waals surface area contributed by atoms with E-state index in [2.05, 4.69) is 144 Å². The van der Waals surface area contributed by atoms with Crippen molar-refractivity contribution in [1.82, 2.24) is 24.5 Å². The third-order valence-corrected chi connectivity index (χ3v) is 11.7. The number of aromatic nitrogens is 5. The van der Waals surface area contributed by atoms with Gasteiger partial charge in [0.25, 0.3) is 0 Å². The first-order valence-corrected chi connectivity index (χ1v) is 20.7. The summed E-state index contributed by atoms with van der Waals surface area (Å²) in [5, 5.41) is 4.28. The topological polar surface area (TPSA) is 69.6 Å². The molecule has 4 heterocycles. The van der Waals surface area contributed by atoms with Crippen LogP contribution in [0.1, 0.15) is 0 Å². The van der Waals surface area contributed by atoms with Gasteiger partial charge in [-0.3, -0.25) is 4.98 Å². The Bertz CT molecular complexity index is 3560. The molecule has 0 N–H and O–H groups in total. The zero-order valence-corrected chi connectivity index (χ0v) is 33.4. The predicted molar refractivity (Wildman–Crippen MR) is 252 cm³/mol. The molecule has 12 aromatic rings. The van der Waals surface area contributed by atoms with Gasteiger partial charge >= 0.3 is 0 Å². The number of hydrogen-bond donors (Lipinski definition) is 0. The molecular weight excluding hydrogens is 759 g/mol. The highest BCUT2D eigenvalue weighted by atomic mass is 16.3. The zero-order chi connectivity index (χ0) is 41.0. The van der Waals surface area contributed by atoms with E-state index in [0.717, 1.165) is 99.6 Å². The minimum absolute atomic E-state index is 0.534. The number of nitrogens with zero attached hydrogens (tertiary/aromatic N) is 5. The second kappa shape index (κ2) is 14.7. The molecule has 0 spiro atoms. The Labute approximate surface area is 357 Å². The van der Waals surface area contributed by atoms with Crippen molar-refractivity contribution >= 4 is 43.7 Å². The van der Waals surface area contributed by atoms with Crippen molar-refractivity contribution in [2.75, 3.05) is 0 Å². The molecule has 0 amide bonds. The lowest BCUT2D eigenvalue weighted by Crippen LogP contribution is -2.02. The summed E-state index contributed by atoms with van der Waals surface area (Å²) in [6.45, 7) is 0. The second-order valence-electron chi connectivity index (χ2n) is 15.4. The van der Waals surface area contributed by atoms with Crippen LogP contribution in [0.15, 0.2) is 217 Å². The van der Waals surface area contributed by atoms with Crippen LogP contribution in [-0.2, 0) is 0 Å². The summed E-state index contributed by atoms with van der Waals surface area (Å²) in [5.74, 6) is 1.71. The zero-order valence-electron chi connectivity index (χ0n) is 33.4. The average Bonchev–Trinajstić information content (AvgIpc) is 3.90. The van der Waals surface area contributed by atoms with Crippen molar-refractivity contribution < 1.29 is 4.42 Å². The van der Waals surface area contributed by atoms with Crippen molar-refractivity contribution in [3.63, 3.8) is 0 Å². The van der Waals surface area contributed by atoms with Crippen LogP contribution in [-0.4, -0.2) is 24.5 Å². The average molecular weight is 794 g/mol. The van der Waals surface area contributed by atoms with Crippen molar-refractivity contribution in [2.24, 2.45) is 0 Å². The molecule has 0 radical (unpaired) electrons. The van der Waals surface area contributed by atoms with Gasteiger partial charge in [-0.05, 0) is 71.3 Å². The van der Waals surface area contributed by atoms with E-state index in [9.17, 15) is 0 Å². The molecule has 8 aromatic carbocycles. The maximum Gasteiger partial charge on any atom is 0.166 e. The third kappa shape index (κ3) is 5.96. The Hall–Kier alpha value is -8.48. The monoisotopic (exact) mass is 793 g/mol. The number of benzene rings is 8. The fraction of sp³-hybridized carbons (Fsp3) is 0. The molecule has 0 saturated heterocycles. The van der Waals surface area contributed by atoms with Crippen molar-refractivity contribution in [2.45, 2.75) is 0 Å². The summed E-state index contributed by atoms with van der Waals surface area (Å²) >= 11 is 0. The lowest BCUT2D eigenvalue weighted by atomic mass is 9.93. The van der Waals surface area contributed by atoms with Crippen LogP contribution in [0.5, 0.6) is 0 Å². The van der Waals surface area contributed by atoms with E-state index < -0.39 is 0 Å². The molecule has 4 aromatic heterocycles. The summed E-state index contributed by atoms with van der Waals surface area (Å²) in [7, 11) is 0. The van der Waals surface area contributed by atoms with Crippen LogP contribution in [0.2, 0.25) is 0 Å². The highest BCUT2D eigenvalue weighted by Gasteiger charge is 2.22. The minimum Gasteiger partial charge on any atom is -0.455 e. The van der Waals surface area contributed by atoms with Crippen molar-refractivity contribution in [3.8, 4) is 73.4 Å². The normalized spacial score (nSPS) is 11.5. The molecular formula is C56H35N5O. The number of hydrogen-bond acceptors (Lipinski definition) is 5. The summed E-state index contributed by atoms with van der Waals surface area (Å²) in [6, 6.07) is 71.1. The van der Waals surface area contributed by atoms with Gasteiger partial charge in [-0.1, -0.05) is 152 Å². The Morgan fingerprint density at radius 3 is 1.65 bits per heavy atom. The van der Waals surface area contributed by atoms with Crippen LogP contribution in [0, 0.1) is 0 Å². The van der Waals surface area contributed by atoms with Gasteiger partial charge in [-0.15, -0.1) is 0 Å². The Morgan fingerprint density at radius 1 is 0.371 bits per heavy atom. The molecule has 12 rings (SSSR count). The molecule has 0 bridgehead atoms. The van der Waals surface area contributed by atoms with Gasteiger partial charge in [-0.25, -0.2) is 15.0 Å². The van der Waals surface area contributed by atoms with Crippen LogP contribution in [0.3, 0.4) is 0 Å². The number of para-hydroxylation sites is 2. The standard InChI is InChI=1S/C56H35N5O/c1-5-17-36(18-6-1)42-25-13-14-26-43(42)40-34-47(56-59-54(37-19-7-2-8-20-37)58-55(60-56)38-21-9-3-10-22-38)52(57-35-40)39-29-32-50-46(33-39)44-30-31-49-51(53(44)62-50)45-27-15-16-28-48(45)61(49)41-23-11-4-12-24-41/h1-35H. The quantitative estimate of drug-likeness (QED) is 0.161. The maximum atomic E-state index is 6.82. The van der Waals surface area contributed by atoms with Gasteiger partial charge in [0, 0.05) is 55.9 Å². The summed E-state index contributed by atoms with van der Waals surface area (Å²) < 4.78 is 9.14. The van der Waals surface area contributed by atoms with Gasteiger partial charge in [0.2, 0.25) is 0 Å². The lowest BCUT2D eigenvalue weighted by molar-refractivity contribution is 0.673. The minimum atomic E-state index is 0.534. The van der Waals surface area contributed by atoms with Gasteiger partial charge in [0.1, 0.15) is 11.2 Å². The van der Waals surface area contributed by atoms with Crippen LogP contribution in [0.4, 0.5) is 0 Å². The van der Waals surface area contributed by atoms with Crippen molar-refractivity contribution in [1.29, 1.82) is 0 Å². The Kier molecular flexibility index (Phi) is 8.38. The van der Waals surface area contributed by atoms with E-state index in [1.54, 1.807) is 0 Å². The fourth-order valence-electron chi connectivity index (χ4n) is 8.83. The molecule has 0 aliphatic rings. The van der Waals surface area contributed by atoms with E-state index in [0.29, 0.717) is 17.5 Å². The number of fused-ring (bicyclic) bond motifs is 7. The first kappa shape index (κ1) is 35.5. The van der Waals surface area contributed by atoms with E-state index in [1.165, 1.54) is 0 Å². The maximum absolute atomic E-state index is 6.82. The molecule has 6 nitrogen and oxygen atoms in total. The summed E-state index contributed by atoms with van der Waals surface area (Å²) in [6.07, 6.45) is 1.97. The molecule has 0 saturated carbocycles. The molecule has 62 heavy (non-hydrogen) atoms. The van der Waals surface area contributed by atoms with Gasteiger partial charge in [0.15, 0.2) is 17.5 Å². The number of rotatable bonds is 7. The smallest absolute Gasteiger partial charge is 0.166 e. The largest absolute Gasteiger partial charge is 0.455 e. The first-order chi connectivity index (χ1) is 30.7. The van der Waals surface area contributed by atoms with E-state index >= 15 is 0 Å². The van der Waals surface area contributed by atoms with Gasteiger partial charge in [-0.2, -0.15) is 0 Å².